The van der Waals surface area contributed by atoms with Gasteiger partial charge in [0.25, 0.3) is 0 Å². The second-order valence-electron chi connectivity index (χ2n) is 8.20. The number of carbonyl (C=O) groups excluding carboxylic acids is 2. The molecule has 0 radical (unpaired) electrons. The molecular weight excluding hydrogens is 392 g/mol. The van der Waals surface area contributed by atoms with Crippen molar-refractivity contribution < 1.29 is 39.5 Å². The molecule has 0 saturated heterocycles. The quantitative estimate of drug-likeness (QED) is 0.242. The molecule has 8 heteroatoms. The average molecular weight is 433 g/mol. The summed E-state index contributed by atoms with van der Waals surface area (Å²) in [6.45, 7) is 4.19. The maximum atomic E-state index is 12.1. The van der Waals surface area contributed by atoms with E-state index in [1.807, 2.05) is 0 Å². The van der Waals surface area contributed by atoms with Crippen LogP contribution in [0.5, 0.6) is 0 Å². The van der Waals surface area contributed by atoms with Gasteiger partial charge in [-0.2, -0.15) is 0 Å². The van der Waals surface area contributed by atoms with E-state index in [1.165, 1.54) is 0 Å². The standard InChI is InChI=1S/C22H40O8/c1-3-5-7-9-11-13-15(23)29-21-18(26)17(25)19(27)22(20(21)28)30-16(24)14-12-10-8-6-4-2/h17-22,25-28H,3-14H2,1-2H3/t17?,18-,19+,20?,21+,22-. The number of rotatable bonds is 14. The van der Waals surface area contributed by atoms with Gasteiger partial charge in [-0.25, -0.2) is 0 Å². The van der Waals surface area contributed by atoms with E-state index < -0.39 is 48.6 Å². The summed E-state index contributed by atoms with van der Waals surface area (Å²) in [4.78, 5) is 24.2. The minimum absolute atomic E-state index is 0.126. The first kappa shape index (κ1) is 26.8. The van der Waals surface area contributed by atoms with Crippen molar-refractivity contribution >= 4 is 11.9 Å². The SMILES string of the molecule is CCCCCCCC(=O)O[C@@H]1C(O)[C@H](OC(=O)CCCCCCC)[C@@H](O)C(O)[C@H]1O. The van der Waals surface area contributed by atoms with Gasteiger partial charge in [-0.3, -0.25) is 9.59 Å². The Balaban J connectivity index is 2.56. The molecule has 0 spiro atoms. The third-order valence-electron chi connectivity index (χ3n) is 5.55. The molecule has 1 rings (SSSR count). The minimum atomic E-state index is -1.71. The molecule has 1 fully saturated rings. The predicted octanol–water partition coefficient (Wildman–Crippen LogP) is 1.99. The largest absolute Gasteiger partial charge is 0.457 e. The Kier molecular flexibility index (Phi) is 13.2. The molecule has 0 bridgehead atoms. The first-order valence-electron chi connectivity index (χ1n) is 11.4. The highest BCUT2D eigenvalue weighted by Crippen LogP contribution is 2.27. The van der Waals surface area contributed by atoms with Crippen molar-refractivity contribution in [1.29, 1.82) is 0 Å². The number of hydrogen-bond donors (Lipinski definition) is 4. The summed E-state index contributed by atoms with van der Waals surface area (Å²) in [5, 5.41) is 40.9. The molecule has 0 aromatic carbocycles. The molecule has 0 heterocycles. The molecule has 0 aliphatic heterocycles. The number of aliphatic hydroxyl groups is 4. The molecule has 1 aliphatic carbocycles. The zero-order valence-corrected chi connectivity index (χ0v) is 18.4. The lowest BCUT2D eigenvalue weighted by atomic mass is 9.84. The van der Waals surface area contributed by atoms with Gasteiger partial charge in [0.2, 0.25) is 0 Å². The van der Waals surface area contributed by atoms with Crippen LogP contribution in [0, 0.1) is 0 Å². The number of esters is 2. The van der Waals surface area contributed by atoms with Gasteiger partial charge in [-0.05, 0) is 12.8 Å². The van der Waals surface area contributed by atoms with E-state index in [-0.39, 0.29) is 12.8 Å². The molecule has 2 unspecified atom stereocenters. The maximum Gasteiger partial charge on any atom is 0.306 e. The van der Waals surface area contributed by atoms with Gasteiger partial charge < -0.3 is 29.9 Å². The molecule has 0 amide bonds. The molecule has 0 aromatic heterocycles. The Hall–Kier alpha value is -1.22. The van der Waals surface area contributed by atoms with E-state index in [0.717, 1.165) is 51.4 Å². The van der Waals surface area contributed by atoms with Gasteiger partial charge in [0.1, 0.15) is 24.4 Å². The molecule has 4 N–H and O–H groups in total. The van der Waals surface area contributed by atoms with Crippen molar-refractivity contribution in [2.45, 2.75) is 128 Å². The van der Waals surface area contributed by atoms with E-state index in [4.69, 9.17) is 9.47 Å². The normalized spacial score (nSPS) is 28.9. The lowest BCUT2D eigenvalue weighted by Gasteiger charge is -2.42. The van der Waals surface area contributed by atoms with Gasteiger partial charge in [0, 0.05) is 12.8 Å². The highest BCUT2D eigenvalue weighted by atomic mass is 16.6. The lowest BCUT2D eigenvalue weighted by molar-refractivity contribution is -0.241. The summed E-state index contributed by atoms with van der Waals surface area (Å²) in [7, 11) is 0. The number of carbonyl (C=O) groups is 2. The summed E-state index contributed by atoms with van der Waals surface area (Å²) >= 11 is 0. The van der Waals surface area contributed by atoms with E-state index in [1.54, 1.807) is 0 Å². The number of aliphatic hydroxyl groups excluding tert-OH is 4. The first-order chi connectivity index (χ1) is 14.3. The van der Waals surface area contributed by atoms with Crippen LogP contribution in [0.25, 0.3) is 0 Å². The van der Waals surface area contributed by atoms with Gasteiger partial charge in [-0.15, -0.1) is 0 Å². The molecule has 30 heavy (non-hydrogen) atoms. The molecule has 1 aliphatic rings. The van der Waals surface area contributed by atoms with Crippen molar-refractivity contribution in [3.8, 4) is 0 Å². The minimum Gasteiger partial charge on any atom is -0.457 e. The second kappa shape index (κ2) is 14.7. The fraction of sp³-hybridized carbons (Fsp3) is 0.909. The Bertz CT molecular complexity index is 456. The average Bonchev–Trinajstić information content (AvgIpc) is 2.72. The monoisotopic (exact) mass is 432 g/mol. The van der Waals surface area contributed by atoms with Crippen LogP contribution in [0.1, 0.15) is 90.9 Å². The van der Waals surface area contributed by atoms with Crippen LogP contribution in [0.4, 0.5) is 0 Å². The summed E-state index contributed by atoms with van der Waals surface area (Å²) in [6.07, 6.45) is -0.0291. The molecule has 6 atom stereocenters. The fourth-order valence-electron chi connectivity index (χ4n) is 3.63. The molecule has 1 saturated carbocycles. The zero-order valence-electron chi connectivity index (χ0n) is 18.4. The molecular formula is C22H40O8. The van der Waals surface area contributed by atoms with Crippen molar-refractivity contribution in [3.63, 3.8) is 0 Å². The third-order valence-corrected chi connectivity index (χ3v) is 5.55. The number of ether oxygens (including phenoxy) is 2. The lowest BCUT2D eigenvalue weighted by Crippen LogP contribution is -2.65. The Labute approximate surface area is 179 Å². The zero-order chi connectivity index (χ0) is 22.5. The van der Waals surface area contributed by atoms with Gasteiger partial charge >= 0.3 is 11.9 Å². The maximum absolute atomic E-state index is 12.1. The van der Waals surface area contributed by atoms with Crippen LogP contribution in [-0.4, -0.2) is 69.0 Å². The van der Waals surface area contributed by atoms with Crippen LogP contribution >= 0.6 is 0 Å². The van der Waals surface area contributed by atoms with Crippen molar-refractivity contribution in [2.75, 3.05) is 0 Å². The number of unbranched alkanes of at least 4 members (excludes halogenated alkanes) is 8. The Morgan fingerprint density at radius 1 is 0.567 bits per heavy atom. The Morgan fingerprint density at radius 3 is 1.30 bits per heavy atom. The van der Waals surface area contributed by atoms with Gasteiger partial charge in [0.15, 0.2) is 12.2 Å². The molecule has 176 valence electrons. The third kappa shape index (κ3) is 8.88. The van der Waals surface area contributed by atoms with E-state index in [2.05, 4.69) is 13.8 Å². The van der Waals surface area contributed by atoms with Crippen LogP contribution in [0.15, 0.2) is 0 Å². The first-order valence-corrected chi connectivity index (χ1v) is 11.4. The van der Waals surface area contributed by atoms with Crippen molar-refractivity contribution in [1.82, 2.24) is 0 Å². The fourth-order valence-corrected chi connectivity index (χ4v) is 3.63. The van der Waals surface area contributed by atoms with E-state index in [0.29, 0.717) is 12.8 Å². The van der Waals surface area contributed by atoms with Crippen LogP contribution in [-0.2, 0) is 19.1 Å². The van der Waals surface area contributed by atoms with E-state index in [9.17, 15) is 30.0 Å². The van der Waals surface area contributed by atoms with E-state index >= 15 is 0 Å². The smallest absolute Gasteiger partial charge is 0.306 e. The van der Waals surface area contributed by atoms with Crippen molar-refractivity contribution in [3.05, 3.63) is 0 Å². The van der Waals surface area contributed by atoms with Crippen molar-refractivity contribution in [2.24, 2.45) is 0 Å². The van der Waals surface area contributed by atoms with Gasteiger partial charge in [0.05, 0.1) is 0 Å². The van der Waals surface area contributed by atoms with Crippen LogP contribution < -0.4 is 0 Å². The van der Waals surface area contributed by atoms with Crippen LogP contribution in [0.3, 0.4) is 0 Å². The highest BCUT2D eigenvalue weighted by molar-refractivity contribution is 5.70. The highest BCUT2D eigenvalue weighted by Gasteiger charge is 2.52. The molecule has 8 nitrogen and oxygen atoms in total. The topological polar surface area (TPSA) is 134 Å². The summed E-state index contributed by atoms with van der Waals surface area (Å²) in [5.41, 5.74) is 0. The second-order valence-corrected chi connectivity index (χ2v) is 8.20. The Morgan fingerprint density at radius 2 is 0.933 bits per heavy atom. The van der Waals surface area contributed by atoms with Gasteiger partial charge in [-0.1, -0.05) is 65.2 Å². The summed E-state index contributed by atoms with van der Waals surface area (Å²) in [5.74, 6) is -1.22. The summed E-state index contributed by atoms with van der Waals surface area (Å²) < 4.78 is 10.4. The predicted molar refractivity (Wildman–Crippen MR) is 111 cm³/mol. The van der Waals surface area contributed by atoms with Crippen LogP contribution in [0.2, 0.25) is 0 Å². The molecule has 0 aromatic rings. The summed E-state index contributed by atoms with van der Waals surface area (Å²) in [6, 6.07) is 0. The number of hydrogen-bond acceptors (Lipinski definition) is 8.